The van der Waals surface area contributed by atoms with Crippen molar-refractivity contribution in [1.82, 2.24) is 5.32 Å². The molecule has 6 heteroatoms. The van der Waals surface area contributed by atoms with E-state index in [-0.39, 0.29) is 17.2 Å². The summed E-state index contributed by atoms with van der Waals surface area (Å²) in [5.74, 6) is -1.47. The first kappa shape index (κ1) is 14.5. The number of nitrogens with one attached hydrogen (secondary N) is 2. The topological polar surface area (TPSA) is 67.4 Å². The van der Waals surface area contributed by atoms with E-state index < -0.39 is 11.8 Å². The molecular formula is C14H17FN2O3. The number of hydrogen-bond acceptors (Lipinski definition) is 4. The quantitative estimate of drug-likeness (QED) is 0.778. The van der Waals surface area contributed by atoms with Gasteiger partial charge >= 0.3 is 5.97 Å². The van der Waals surface area contributed by atoms with Crippen molar-refractivity contribution < 1.29 is 18.7 Å². The molecule has 1 amide bonds. The molecule has 1 aromatic carbocycles. The largest absolute Gasteiger partial charge is 0.465 e. The highest BCUT2D eigenvalue weighted by Crippen LogP contribution is 2.19. The lowest BCUT2D eigenvalue weighted by molar-refractivity contribution is -0.116. The minimum atomic E-state index is -0.684. The third kappa shape index (κ3) is 4.03. The molecular weight excluding hydrogens is 263 g/mol. The Bertz CT molecular complexity index is 515. The van der Waals surface area contributed by atoms with Crippen molar-refractivity contribution in [2.45, 2.75) is 25.3 Å². The van der Waals surface area contributed by atoms with Gasteiger partial charge in [-0.15, -0.1) is 0 Å². The van der Waals surface area contributed by atoms with Gasteiger partial charge in [0.05, 0.1) is 18.4 Å². The molecule has 1 saturated carbocycles. The third-order valence-corrected chi connectivity index (χ3v) is 3.02. The van der Waals surface area contributed by atoms with E-state index >= 15 is 0 Å². The fourth-order valence-electron chi connectivity index (χ4n) is 1.79. The molecule has 2 N–H and O–H groups in total. The van der Waals surface area contributed by atoms with Crippen LogP contribution in [0, 0.1) is 5.82 Å². The highest BCUT2D eigenvalue weighted by atomic mass is 19.1. The summed E-state index contributed by atoms with van der Waals surface area (Å²) in [4.78, 5) is 23.3. The van der Waals surface area contributed by atoms with E-state index in [9.17, 15) is 14.0 Å². The van der Waals surface area contributed by atoms with Gasteiger partial charge in [-0.2, -0.15) is 0 Å². The van der Waals surface area contributed by atoms with Crippen LogP contribution < -0.4 is 10.6 Å². The van der Waals surface area contributed by atoms with Gasteiger partial charge in [-0.05, 0) is 31.0 Å². The molecule has 0 heterocycles. The van der Waals surface area contributed by atoms with Crippen molar-refractivity contribution in [1.29, 1.82) is 0 Å². The van der Waals surface area contributed by atoms with Crippen molar-refractivity contribution >= 4 is 17.6 Å². The average molecular weight is 280 g/mol. The molecule has 1 aliphatic rings. The van der Waals surface area contributed by atoms with Crippen molar-refractivity contribution in [3.63, 3.8) is 0 Å². The highest BCUT2D eigenvalue weighted by molar-refractivity contribution is 6.01. The van der Waals surface area contributed by atoms with Crippen LogP contribution in [0.25, 0.3) is 0 Å². The Morgan fingerprint density at radius 2 is 2.15 bits per heavy atom. The Balaban J connectivity index is 1.96. The molecule has 0 radical (unpaired) electrons. The number of rotatable bonds is 6. The molecule has 1 aliphatic carbocycles. The molecule has 1 aromatic rings. The summed E-state index contributed by atoms with van der Waals surface area (Å²) >= 11 is 0. The van der Waals surface area contributed by atoms with Crippen molar-refractivity contribution in [3.8, 4) is 0 Å². The zero-order valence-corrected chi connectivity index (χ0v) is 11.2. The monoisotopic (exact) mass is 280 g/mol. The SMILES string of the molecule is COC(=O)c1cc(F)ccc1NC(=O)CCNC1CC1. The second-order valence-corrected chi connectivity index (χ2v) is 4.71. The molecule has 5 nitrogen and oxygen atoms in total. The number of ether oxygens (including phenoxy) is 1. The summed E-state index contributed by atoms with van der Waals surface area (Å²) < 4.78 is 17.7. The zero-order chi connectivity index (χ0) is 14.5. The molecule has 20 heavy (non-hydrogen) atoms. The van der Waals surface area contributed by atoms with Crippen LogP contribution in [0.15, 0.2) is 18.2 Å². The molecule has 0 aliphatic heterocycles. The second-order valence-electron chi connectivity index (χ2n) is 4.71. The van der Waals surface area contributed by atoms with Crippen molar-refractivity contribution in [2.24, 2.45) is 0 Å². The number of carbonyl (C=O) groups is 2. The van der Waals surface area contributed by atoms with Crippen LogP contribution >= 0.6 is 0 Å². The van der Waals surface area contributed by atoms with Gasteiger partial charge in [-0.25, -0.2) is 9.18 Å². The van der Waals surface area contributed by atoms with Crippen LogP contribution in [-0.4, -0.2) is 31.6 Å². The Morgan fingerprint density at radius 3 is 2.80 bits per heavy atom. The molecule has 1 fully saturated rings. The van der Waals surface area contributed by atoms with Crippen molar-refractivity contribution in [2.75, 3.05) is 19.0 Å². The van der Waals surface area contributed by atoms with Crippen molar-refractivity contribution in [3.05, 3.63) is 29.6 Å². The van der Waals surface area contributed by atoms with E-state index in [0.29, 0.717) is 19.0 Å². The molecule has 0 bridgehead atoms. The van der Waals surface area contributed by atoms with E-state index in [4.69, 9.17) is 0 Å². The number of methoxy groups -OCH3 is 1. The van der Waals surface area contributed by atoms with Crippen LogP contribution in [0.3, 0.4) is 0 Å². The highest BCUT2D eigenvalue weighted by Gasteiger charge is 2.20. The standard InChI is InChI=1S/C14H17FN2O3/c1-20-14(19)11-8-9(15)2-5-12(11)17-13(18)6-7-16-10-3-4-10/h2,5,8,10,16H,3-4,6-7H2,1H3,(H,17,18). The number of carbonyl (C=O) groups excluding carboxylic acids is 2. The van der Waals surface area contributed by atoms with Crippen LogP contribution in [0.2, 0.25) is 0 Å². The lowest BCUT2D eigenvalue weighted by atomic mass is 10.1. The normalized spacial score (nSPS) is 13.9. The maximum absolute atomic E-state index is 13.1. The van der Waals surface area contributed by atoms with E-state index in [0.717, 1.165) is 18.9 Å². The predicted molar refractivity (Wildman–Crippen MR) is 72.0 cm³/mol. The Hall–Kier alpha value is -1.95. The third-order valence-electron chi connectivity index (χ3n) is 3.02. The van der Waals surface area contributed by atoms with Crippen LogP contribution in [-0.2, 0) is 9.53 Å². The van der Waals surface area contributed by atoms with E-state index in [1.807, 2.05) is 0 Å². The Morgan fingerprint density at radius 1 is 1.40 bits per heavy atom. The molecule has 2 rings (SSSR count). The lowest BCUT2D eigenvalue weighted by Gasteiger charge is -2.10. The molecule has 0 spiro atoms. The number of esters is 1. The fourth-order valence-corrected chi connectivity index (χ4v) is 1.79. The molecule has 0 unspecified atom stereocenters. The minimum Gasteiger partial charge on any atom is -0.465 e. The molecule has 108 valence electrons. The van der Waals surface area contributed by atoms with Crippen LogP contribution in [0.1, 0.15) is 29.6 Å². The Kier molecular flexibility index (Phi) is 4.68. The first-order valence-corrected chi connectivity index (χ1v) is 6.51. The van der Waals surface area contributed by atoms with Gasteiger partial charge in [-0.3, -0.25) is 4.79 Å². The minimum absolute atomic E-state index is 0.0102. The fraction of sp³-hybridized carbons (Fsp3) is 0.429. The maximum Gasteiger partial charge on any atom is 0.340 e. The predicted octanol–water partition coefficient (Wildman–Crippen LogP) is 1.69. The number of halogens is 1. The summed E-state index contributed by atoms with van der Waals surface area (Å²) in [6, 6.07) is 4.13. The Labute approximate surface area is 116 Å². The first-order valence-electron chi connectivity index (χ1n) is 6.51. The van der Waals surface area contributed by atoms with Crippen LogP contribution in [0.4, 0.5) is 10.1 Å². The maximum atomic E-state index is 13.1. The van der Waals surface area contributed by atoms with Gasteiger partial charge in [0.25, 0.3) is 0 Å². The first-order chi connectivity index (χ1) is 9.60. The number of benzene rings is 1. The van der Waals surface area contributed by atoms with Crippen LogP contribution in [0.5, 0.6) is 0 Å². The number of amides is 1. The van der Waals surface area contributed by atoms with Gasteiger partial charge in [0.15, 0.2) is 0 Å². The van der Waals surface area contributed by atoms with Gasteiger partial charge < -0.3 is 15.4 Å². The van der Waals surface area contributed by atoms with Gasteiger partial charge in [0.1, 0.15) is 5.82 Å². The second kappa shape index (κ2) is 6.47. The summed E-state index contributed by atoms with van der Waals surface area (Å²) in [6.07, 6.45) is 2.62. The lowest BCUT2D eigenvalue weighted by Crippen LogP contribution is -2.24. The molecule has 0 saturated heterocycles. The summed E-state index contributed by atoms with van der Waals surface area (Å²) in [6.45, 7) is 0.589. The van der Waals surface area contributed by atoms with E-state index in [1.54, 1.807) is 0 Å². The zero-order valence-electron chi connectivity index (χ0n) is 11.2. The average Bonchev–Trinajstić information content (AvgIpc) is 3.24. The number of hydrogen-bond donors (Lipinski definition) is 2. The number of anilines is 1. The summed E-state index contributed by atoms with van der Waals surface area (Å²) in [7, 11) is 1.21. The van der Waals surface area contributed by atoms with Gasteiger partial charge in [0, 0.05) is 19.0 Å². The smallest absolute Gasteiger partial charge is 0.340 e. The summed E-state index contributed by atoms with van der Waals surface area (Å²) in [5.41, 5.74) is 0.269. The van der Waals surface area contributed by atoms with Gasteiger partial charge in [0.2, 0.25) is 5.91 Å². The summed E-state index contributed by atoms with van der Waals surface area (Å²) in [5, 5.41) is 5.82. The molecule has 0 atom stereocenters. The van der Waals surface area contributed by atoms with Gasteiger partial charge in [-0.1, -0.05) is 0 Å². The van der Waals surface area contributed by atoms with E-state index in [2.05, 4.69) is 15.4 Å². The molecule has 0 aromatic heterocycles. The van der Waals surface area contributed by atoms with E-state index in [1.165, 1.54) is 19.2 Å².